The third kappa shape index (κ3) is 3.27. The number of β-lactam (4-membered cyclic amide) rings is 1. The Kier molecular flexibility index (Phi) is 4.82. The molecule has 25 heavy (non-hydrogen) atoms. The minimum atomic E-state index is -1.19. The molecule has 3 N–H and O–H groups in total. The van der Waals surface area contributed by atoms with Crippen LogP contribution in [-0.2, 0) is 20.8 Å². The number of carboxylic acids is 1. The number of carboxylic acid groups (broad SMARTS) is 1. The van der Waals surface area contributed by atoms with Crippen LogP contribution in [0.25, 0.3) is 0 Å². The van der Waals surface area contributed by atoms with Crippen molar-refractivity contribution in [2.24, 2.45) is 0 Å². The van der Waals surface area contributed by atoms with E-state index in [-0.39, 0.29) is 17.9 Å². The van der Waals surface area contributed by atoms with Gasteiger partial charge in [0.1, 0.15) is 11.4 Å². The van der Waals surface area contributed by atoms with Gasteiger partial charge in [0.2, 0.25) is 11.8 Å². The Labute approximate surface area is 148 Å². The molecule has 0 radical (unpaired) electrons. The Balaban J connectivity index is 1.70. The average molecular weight is 362 g/mol. The van der Waals surface area contributed by atoms with Gasteiger partial charge in [0, 0.05) is 0 Å². The highest BCUT2D eigenvalue weighted by atomic mass is 32.2. The van der Waals surface area contributed by atoms with E-state index >= 15 is 0 Å². The van der Waals surface area contributed by atoms with Crippen molar-refractivity contribution in [3.05, 3.63) is 46.9 Å². The van der Waals surface area contributed by atoms with Crippen LogP contribution >= 0.6 is 11.8 Å². The normalized spacial score (nSPS) is 26.2. The SMILES string of the molecule is CC(O)C1=CS[C@@H]2C(NC(=O)Cc3ccccc3)C(=O)N2C1C(=O)O. The molecule has 2 heterocycles. The first-order chi connectivity index (χ1) is 11.9. The van der Waals surface area contributed by atoms with Crippen molar-refractivity contribution in [3.8, 4) is 0 Å². The molecule has 132 valence electrons. The number of aliphatic carboxylic acids is 1. The van der Waals surface area contributed by atoms with E-state index in [0.29, 0.717) is 0 Å². The molecule has 0 aromatic heterocycles. The smallest absolute Gasteiger partial charge is 0.330 e. The maximum absolute atomic E-state index is 12.4. The molecule has 8 heteroatoms. The Hall–Kier alpha value is -2.32. The van der Waals surface area contributed by atoms with Crippen molar-refractivity contribution in [2.45, 2.75) is 36.9 Å². The lowest BCUT2D eigenvalue weighted by atomic mass is 9.95. The fourth-order valence-electron chi connectivity index (χ4n) is 3.01. The van der Waals surface area contributed by atoms with Crippen molar-refractivity contribution < 1.29 is 24.6 Å². The first kappa shape index (κ1) is 17.5. The summed E-state index contributed by atoms with van der Waals surface area (Å²) in [4.78, 5) is 37.3. The van der Waals surface area contributed by atoms with Gasteiger partial charge in [0.05, 0.1) is 12.5 Å². The van der Waals surface area contributed by atoms with E-state index in [0.717, 1.165) is 5.56 Å². The number of hydrogen-bond donors (Lipinski definition) is 3. The second-order valence-electron chi connectivity index (χ2n) is 6.01. The molecule has 1 saturated heterocycles. The maximum Gasteiger partial charge on any atom is 0.330 e. The fraction of sp³-hybridized carbons (Fsp3) is 0.353. The van der Waals surface area contributed by atoms with Gasteiger partial charge in [-0.2, -0.15) is 0 Å². The van der Waals surface area contributed by atoms with E-state index in [9.17, 15) is 24.6 Å². The topological polar surface area (TPSA) is 107 Å². The van der Waals surface area contributed by atoms with Crippen molar-refractivity contribution in [3.63, 3.8) is 0 Å². The summed E-state index contributed by atoms with van der Waals surface area (Å²) in [5.41, 5.74) is 1.11. The van der Waals surface area contributed by atoms with Gasteiger partial charge in [-0.3, -0.25) is 9.59 Å². The number of nitrogens with zero attached hydrogens (tertiary/aromatic N) is 1. The number of amides is 2. The molecule has 0 aliphatic carbocycles. The van der Waals surface area contributed by atoms with Crippen molar-refractivity contribution in [1.29, 1.82) is 0 Å². The predicted octanol–water partition coefficient (Wildman–Crippen LogP) is 0.347. The summed E-state index contributed by atoms with van der Waals surface area (Å²) in [5, 5.41) is 22.9. The summed E-state index contributed by atoms with van der Waals surface area (Å²) < 4.78 is 0. The van der Waals surface area contributed by atoms with Gasteiger partial charge in [-0.05, 0) is 23.5 Å². The molecular formula is C17H18N2O5S. The van der Waals surface area contributed by atoms with Crippen LogP contribution in [0.1, 0.15) is 12.5 Å². The molecule has 2 amide bonds. The average Bonchev–Trinajstić information content (AvgIpc) is 2.58. The minimum absolute atomic E-state index is 0.152. The molecule has 0 spiro atoms. The Morgan fingerprint density at radius 1 is 1.32 bits per heavy atom. The number of aliphatic hydroxyl groups is 1. The maximum atomic E-state index is 12.4. The molecule has 4 atom stereocenters. The number of thioether (sulfide) groups is 1. The summed E-state index contributed by atoms with van der Waals surface area (Å²) >= 11 is 1.24. The Morgan fingerprint density at radius 3 is 2.60 bits per heavy atom. The molecule has 2 aliphatic heterocycles. The lowest BCUT2D eigenvalue weighted by molar-refractivity contribution is -0.160. The van der Waals surface area contributed by atoms with Crippen LogP contribution in [-0.4, -0.2) is 56.5 Å². The van der Waals surface area contributed by atoms with Crippen LogP contribution in [0.3, 0.4) is 0 Å². The minimum Gasteiger partial charge on any atom is -0.479 e. The molecular weight excluding hydrogens is 344 g/mol. The van der Waals surface area contributed by atoms with E-state index < -0.39 is 35.4 Å². The van der Waals surface area contributed by atoms with Gasteiger partial charge in [0.25, 0.3) is 0 Å². The van der Waals surface area contributed by atoms with E-state index in [1.165, 1.54) is 23.6 Å². The van der Waals surface area contributed by atoms with Crippen LogP contribution in [0.4, 0.5) is 0 Å². The highest BCUT2D eigenvalue weighted by Gasteiger charge is 2.56. The standard InChI is InChI=1S/C17H18N2O5S/c1-9(20)11-8-25-16-13(15(22)19(16)14(11)17(23)24)18-12(21)7-10-5-3-2-4-6-10/h2-6,8-9,13-14,16,20H,7H2,1H3,(H,18,21)(H,23,24)/t9?,13?,14?,16-/m1/s1. The monoisotopic (exact) mass is 362 g/mol. The molecule has 3 rings (SSSR count). The van der Waals surface area contributed by atoms with Gasteiger partial charge in [0.15, 0.2) is 6.04 Å². The molecule has 1 aromatic carbocycles. The van der Waals surface area contributed by atoms with Crippen LogP contribution in [0.2, 0.25) is 0 Å². The summed E-state index contributed by atoms with van der Waals surface area (Å²) in [7, 11) is 0. The highest BCUT2D eigenvalue weighted by molar-refractivity contribution is 8.02. The van der Waals surface area contributed by atoms with Crippen molar-refractivity contribution >= 4 is 29.5 Å². The van der Waals surface area contributed by atoms with Crippen molar-refractivity contribution in [1.82, 2.24) is 10.2 Å². The number of fused-ring (bicyclic) bond motifs is 1. The number of carbonyl (C=O) groups is 3. The zero-order valence-electron chi connectivity index (χ0n) is 13.5. The number of rotatable bonds is 5. The second kappa shape index (κ2) is 6.89. The second-order valence-corrected chi connectivity index (χ2v) is 7.01. The van der Waals surface area contributed by atoms with E-state index in [2.05, 4.69) is 5.32 Å². The summed E-state index contributed by atoms with van der Waals surface area (Å²) in [5.74, 6) is -1.93. The number of hydrogen-bond acceptors (Lipinski definition) is 5. The summed E-state index contributed by atoms with van der Waals surface area (Å²) in [6, 6.07) is 7.21. The van der Waals surface area contributed by atoms with Crippen LogP contribution in [0.5, 0.6) is 0 Å². The molecule has 2 aliphatic rings. The lowest BCUT2D eigenvalue weighted by Crippen LogP contribution is -2.74. The first-order valence-electron chi connectivity index (χ1n) is 7.82. The number of nitrogens with one attached hydrogen (secondary N) is 1. The first-order valence-corrected chi connectivity index (χ1v) is 8.76. The molecule has 1 aromatic rings. The van der Waals surface area contributed by atoms with Crippen molar-refractivity contribution in [2.75, 3.05) is 0 Å². The number of benzene rings is 1. The molecule has 1 fully saturated rings. The lowest BCUT2D eigenvalue weighted by Gasteiger charge is -2.51. The van der Waals surface area contributed by atoms with E-state index in [1.54, 1.807) is 5.41 Å². The largest absolute Gasteiger partial charge is 0.479 e. The molecule has 3 unspecified atom stereocenters. The van der Waals surface area contributed by atoms with E-state index in [4.69, 9.17) is 0 Å². The van der Waals surface area contributed by atoms with Crippen LogP contribution < -0.4 is 5.32 Å². The Morgan fingerprint density at radius 2 is 2.00 bits per heavy atom. The predicted molar refractivity (Wildman–Crippen MR) is 91.5 cm³/mol. The fourth-order valence-corrected chi connectivity index (χ4v) is 4.33. The third-order valence-corrected chi connectivity index (χ3v) is 5.44. The van der Waals surface area contributed by atoms with Gasteiger partial charge in [-0.25, -0.2) is 4.79 Å². The molecule has 7 nitrogen and oxygen atoms in total. The van der Waals surface area contributed by atoms with Crippen LogP contribution in [0.15, 0.2) is 41.3 Å². The quantitative estimate of drug-likeness (QED) is 0.653. The summed E-state index contributed by atoms with van der Waals surface area (Å²) in [6.07, 6.45) is -0.812. The van der Waals surface area contributed by atoms with Gasteiger partial charge in [-0.15, -0.1) is 11.8 Å². The van der Waals surface area contributed by atoms with E-state index in [1.807, 2.05) is 30.3 Å². The zero-order valence-corrected chi connectivity index (χ0v) is 14.3. The van der Waals surface area contributed by atoms with Gasteiger partial charge < -0.3 is 20.4 Å². The molecule has 0 saturated carbocycles. The molecule has 0 bridgehead atoms. The van der Waals surface area contributed by atoms with Gasteiger partial charge in [-0.1, -0.05) is 30.3 Å². The number of carbonyl (C=O) groups excluding carboxylic acids is 2. The Bertz CT molecular complexity index is 734. The highest BCUT2D eigenvalue weighted by Crippen LogP contribution is 2.40. The van der Waals surface area contributed by atoms with Crippen LogP contribution in [0, 0.1) is 0 Å². The number of aliphatic hydroxyl groups excluding tert-OH is 1. The van der Waals surface area contributed by atoms with Gasteiger partial charge >= 0.3 is 5.97 Å². The summed E-state index contributed by atoms with van der Waals surface area (Å²) in [6.45, 7) is 1.46. The third-order valence-electron chi connectivity index (χ3n) is 4.26. The zero-order chi connectivity index (χ0) is 18.1.